The second-order valence-electron chi connectivity index (χ2n) is 2.37. The Hall–Kier alpha value is -0.140. The normalized spacial score (nSPS) is 22.7. The number of benzene rings is 1. The smallest absolute Gasteiger partial charge is 0.0406 e. The van der Waals surface area contributed by atoms with E-state index in [1.807, 2.05) is 23.9 Å². The molecule has 0 spiro atoms. The molecule has 0 radical (unpaired) electrons. The quantitative estimate of drug-likeness (QED) is 0.584. The highest BCUT2D eigenvalue weighted by Gasteiger charge is 2.23. The summed E-state index contributed by atoms with van der Waals surface area (Å²) >= 11 is 7.71. The predicted octanol–water partition coefficient (Wildman–Crippen LogP) is 3.13. The fourth-order valence-corrected chi connectivity index (χ4v) is 1.68. The lowest BCUT2D eigenvalue weighted by Gasteiger charge is -1.94. The van der Waals surface area contributed by atoms with Crippen LogP contribution in [0.5, 0.6) is 0 Å². The van der Waals surface area contributed by atoms with Gasteiger partial charge in [-0.2, -0.15) is 11.8 Å². The van der Waals surface area contributed by atoms with Crippen LogP contribution < -0.4 is 0 Å². The van der Waals surface area contributed by atoms with Gasteiger partial charge in [0.25, 0.3) is 0 Å². The zero-order valence-electron chi connectivity index (χ0n) is 5.38. The van der Waals surface area contributed by atoms with Gasteiger partial charge in [0, 0.05) is 16.0 Å². The second-order valence-corrected chi connectivity index (χ2v) is 4.05. The van der Waals surface area contributed by atoms with Crippen LogP contribution in [0.1, 0.15) is 10.8 Å². The number of thioether (sulfide) groups is 1. The van der Waals surface area contributed by atoms with E-state index in [0.29, 0.717) is 0 Å². The van der Waals surface area contributed by atoms with Crippen LogP contribution in [0.3, 0.4) is 0 Å². The molecule has 1 fully saturated rings. The predicted molar refractivity (Wildman–Crippen MR) is 46.7 cm³/mol. The monoisotopic (exact) mass is 170 g/mol. The van der Waals surface area contributed by atoms with Crippen LogP contribution in [0.4, 0.5) is 0 Å². The molecule has 1 aromatic carbocycles. The number of halogens is 1. The molecule has 1 heterocycles. The van der Waals surface area contributed by atoms with E-state index >= 15 is 0 Å². The summed E-state index contributed by atoms with van der Waals surface area (Å²) in [6.07, 6.45) is 0. The molecule has 0 aliphatic carbocycles. The molecule has 0 amide bonds. The van der Waals surface area contributed by atoms with Gasteiger partial charge in [-0.15, -0.1) is 0 Å². The lowest BCUT2D eigenvalue weighted by molar-refractivity contribution is 1.23. The summed E-state index contributed by atoms with van der Waals surface area (Å²) in [4.78, 5) is 0. The standard InChI is InChI=1S/C8H7ClS/c9-7-3-1-6(2-4-7)8-5-10-8/h1-4,8H,5H2/t8-/m0/s1. The Kier molecular flexibility index (Phi) is 1.63. The molecular formula is C8H7ClS. The van der Waals surface area contributed by atoms with Crippen molar-refractivity contribution in [1.29, 1.82) is 0 Å². The number of hydrogen-bond donors (Lipinski definition) is 0. The first-order chi connectivity index (χ1) is 4.86. The van der Waals surface area contributed by atoms with E-state index in [1.165, 1.54) is 11.3 Å². The average molecular weight is 171 g/mol. The van der Waals surface area contributed by atoms with E-state index in [0.717, 1.165) is 10.3 Å². The Morgan fingerprint density at radius 3 is 2.40 bits per heavy atom. The molecule has 1 aromatic rings. The minimum Gasteiger partial charge on any atom is -0.151 e. The molecule has 52 valence electrons. The van der Waals surface area contributed by atoms with Crippen LogP contribution in [0.2, 0.25) is 5.02 Å². The first-order valence-electron chi connectivity index (χ1n) is 3.23. The van der Waals surface area contributed by atoms with Crippen LogP contribution in [0, 0.1) is 0 Å². The van der Waals surface area contributed by atoms with Gasteiger partial charge < -0.3 is 0 Å². The summed E-state index contributed by atoms with van der Waals surface area (Å²) in [7, 11) is 0. The Labute approximate surface area is 69.6 Å². The maximum absolute atomic E-state index is 5.73. The third kappa shape index (κ3) is 1.30. The van der Waals surface area contributed by atoms with Crippen LogP contribution in [0.15, 0.2) is 24.3 Å². The Balaban J connectivity index is 2.28. The third-order valence-electron chi connectivity index (χ3n) is 1.58. The fraction of sp³-hybridized carbons (Fsp3) is 0.250. The third-order valence-corrected chi connectivity index (χ3v) is 2.77. The summed E-state index contributed by atoms with van der Waals surface area (Å²) in [6, 6.07) is 8.12. The fourth-order valence-electron chi connectivity index (χ4n) is 0.918. The van der Waals surface area contributed by atoms with Crippen molar-refractivity contribution in [3.63, 3.8) is 0 Å². The molecule has 0 aromatic heterocycles. The van der Waals surface area contributed by atoms with Crippen molar-refractivity contribution in [1.82, 2.24) is 0 Å². The molecule has 1 aliphatic heterocycles. The van der Waals surface area contributed by atoms with E-state index in [-0.39, 0.29) is 0 Å². The van der Waals surface area contributed by atoms with E-state index in [2.05, 4.69) is 12.1 Å². The van der Waals surface area contributed by atoms with Gasteiger partial charge in [0.05, 0.1) is 0 Å². The summed E-state index contributed by atoms with van der Waals surface area (Å²) in [5.41, 5.74) is 1.41. The molecule has 10 heavy (non-hydrogen) atoms. The van der Waals surface area contributed by atoms with Crippen molar-refractivity contribution in [3.8, 4) is 0 Å². The van der Waals surface area contributed by atoms with Crippen molar-refractivity contribution in [3.05, 3.63) is 34.9 Å². The molecule has 0 saturated carbocycles. The van der Waals surface area contributed by atoms with E-state index in [1.54, 1.807) is 0 Å². The molecular weight excluding hydrogens is 164 g/mol. The average Bonchev–Trinajstić information content (AvgIpc) is 2.71. The largest absolute Gasteiger partial charge is 0.151 e. The van der Waals surface area contributed by atoms with Crippen molar-refractivity contribution in [2.24, 2.45) is 0 Å². The molecule has 0 unspecified atom stereocenters. The van der Waals surface area contributed by atoms with Gasteiger partial charge in [-0.25, -0.2) is 0 Å². The molecule has 0 nitrogen and oxygen atoms in total. The molecule has 0 N–H and O–H groups in total. The Morgan fingerprint density at radius 2 is 1.90 bits per heavy atom. The van der Waals surface area contributed by atoms with Gasteiger partial charge in [0.1, 0.15) is 0 Å². The molecule has 0 bridgehead atoms. The number of rotatable bonds is 1. The maximum Gasteiger partial charge on any atom is 0.0406 e. The summed E-state index contributed by atoms with van der Waals surface area (Å²) in [5.74, 6) is 1.28. The van der Waals surface area contributed by atoms with Gasteiger partial charge in [-0.05, 0) is 17.7 Å². The topological polar surface area (TPSA) is 0 Å². The van der Waals surface area contributed by atoms with Crippen LogP contribution in [-0.2, 0) is 0 Å². The lowest BCUT2D eigenvalue weighted by atomic mass is 10.2. The van der Waals surface area contributed by atoms with E-state index in [9.17, 15) is 0 Å². The molecule has 1 aliphatic rings. The van der Waals surface area contributed by atoms with Crippen molar-refractivity contribution >= 4 is 23.4 Å². The van der Waals surface area contributed by atoms with Gasteiger partial charge in [0.2, 0.25) is 0 Å². The lowest BCUT2D eigenvalue weighted by Crippen LogP contribution is -1.75. The van der Waals surface area contributed by atoms with E-state index < -0.39 is 0 Å². The molecule has 2 heteroatoms. The second kappa shape index (κ2) is 2.48. The summed E-state index contributed by atoms with van der Waals surface area (Å²) in [5, 5.41) is 1.59. The zero-order valence-corrected chi connectivity index (χ0v) is 6.95. The Bertz CT molecular complexity index is 226. The van der Waals surface area contributed by atoms with Crippen LogP contribution in [-0.4, -0.2) is 5.75 Å². The van der Waals surface area contributed by atoms with Gasteiger partial charge >= 0.3 is 0 Å². The molecule has 1 saturated heterocycles. The van der Waals surface area contributed by atoms with Gasteiger partial charge in [-0.3, -0.25) is 0 Å². The molecule has 1 atom stereocenters. The summed E-state index contributed by atoms with van der Waals surface area (Å²) < 4.78 is 0. The minimum absolute atomic E-state index is 0.761. The van der Waals surface area contributed by atoms with Crippen molar-refractivity contribution in [2.45, 2.75) is 5.25 Å². The minimum atomic E-state index is 0.761. The summed E-state index contributed by atoms with van der Waals surface area (Å²) in [6.45, 7) is 0. The highest BCUT2D eigenvalue weighted by Crippen LogP contribution is 2.45. The van der Waals surface area contributed by atoms with E-state index in [4.69, 9.17) is 11.6 Å². The van der Waals surface area contributed by atoms with Crippen molar-refractivity contribution < 1.29 is 0 Å². The first kappa shape index (κ1) is 6.56. The molecule has 2 rings (SSSR count). The van der Waals surface area contributed by atoms with Gasteiger partial charge in [-0.1, -0.05) is 23.7 Å². The van der Waals surface area contributed by atoms with Crippen LogP contribution in [0.25, 0.3) is 0 Å². The highest BCUT2D eigenvalue weighted by atomic mass is 35.5. The first-order valence-corrected chi connectivity index (χ1v) is 4.66. The maximum atomic E-state index is 5.73. The SMILES string of the molecule is Clc1ccc([C@@H]2CS2)cc1. The van der Waals surface area contributed by atoms with Crippen molar-refractivity contribution in [2.75, 3.05) is 5.75 Å². The highest BCUT2D eigenvalue weighted by molar-refractivity contribution is 8.06. The number of hydrogen-bond acceptors (Lipinski definition) is 1. The van der Waals surface area contributed by atoms with Crippen LogP contribution >= 0.6 is 23.4 Å². The Morgan fingerprint density at radius 1 is 1.30 bits per heavy atom. The zero-order chi connectivity index (χ0) is 6.97. The van der Waals surface area contributed by atoms with Gasteiger partial charge in [0.15, 0.2) is 0 Å².